The van der Waals surface area contributed by atoms with E-state index in [0.29, 0.717) is 23.8 Å². The van der Waals surface area contributed by atoms with E-state index in [4.69, 9.17) is 14.3 Å². The number of benzene rings is 1. The smallest absolute Gasteiger partial charge is 0.286 e. The Balaban J connectivity index is 1.65. The van der Waals surface area contributed by atoms with Gasteiger partial charge in [-0.3, -0.25) is 4.79 Å². The van der Waals surface area contributed by atoms with Crippen LogP contribution in [0.3, 0.4) is 0 Å². The predicted molar refractivity (Wildman–Crippen MR) is 95.6 cm³/mol. The number of thiazole rings is 1. The molecular formula is C18H22N2O4S. The van der Waals surface area contributed by atoms with Crippen molar-refractivity contribution >= 4 is 17.2 Å². The summed E-state index contributed by atoms with van der Waals surface area (Å²) in [7, 11) is 0. The number of aryl methyl sites for hydroxylation is 1. The van der Waals surface area contributed by atoms with E-state index in [0.717, 1.165) is 35.6 Å². The average molecular weight is 362 g/mol. The standard InChI is InChI=1S/C18H22N2O4S/c1-3-22-14-9-7-13(8-10-14)18-19-12(2)16(25-18)17(21)20-24-15-6-4-5-11-23-15/h7-10,15H,3-6,11H2,1-2H3,(H,20,21). The van der Waals surface area contributed by atoms with Crippen LogP contribution >= 0.6 is 11.3 Å². The van der Waals surface area contributed by atoms with Gasteiger partial charge in [-0.2, -0.15) is 0 Å². The second-order valence-electron chi connectivity index (χ2n) is 5.74. The molecule has 3 rings (SSSR count). The van der Waals surface area contributed by atoms with Crippen LogP contribution in [0, 0.1) is 6.92 Å². The Labute approximate surface area is 151 Å². The Kier molecular flexibility index (Phi) is 6.01. The van der Waals surface area contributed by atoms with Gasteiger partial charge in [0.1, 0.15) is 15.6 Å². The SMILES string of the molecule is CCOc1ccc(-c2nc(C)c(C(=O)NOC3CCCCO3)s2)cc1. The lowest BCUT2D eigenvalue weighted by atomic mass is 10.2. The van der Waals surface area contributed by atoms with E-state index in [2.05, 4.69) is 10.5 Å². The third-order valence-electron chi connectivity index (χ3n) is 3.84. The molecule has 0 bridgehead atoms. The van der Waals surface area contributed by atoms with Crippen molar-refractivity contribution in [2.75, 3.05) is 13.2 Å². The number of rotatable bonds is 6. The average Bonchev–Trinajstić information content (AvgIpc) is 3.03. The van der Waals surface area contributed by atoms with Crippen LogP contribution in [0.2, 0.25) is 0 Å². The highest BCUT2D eigenvalue weighted by molar-refractivity contribution is 7.17. The molecule has 1 unspecified atom stereocenters. The molecule has 25 heavy (non-hydrogen) atoms. The van der Waals surface area contributed by atoms with Crippen molar-refractivity contribution in [3.05, 3.63) is 34.8 Å². The van der Waals surface area contributed by atoms with Crippen molar-refractivity contribution in [2.45, 2.75) is 39.4 Å². The number of amides is 1. The molecule has 1 N–H and O–H groups in total. The number of aromatic nitrogens is 1. The number of carbonyl (C=O) groups is 1. The Morgan fingerprint density at radius 1 is 1.36 bits per heavy atom. The van der Waals surface area contributed by atoms with E-state index in [1.54, 1.807) is 0 Å². The van der Waals surface area contributed by atoms with Gasteiger partial charge in [0.2, 0.25) is 0 Å². The number of hydroxylamine groups is 1. The zero-order valence-electron chi connectivity index (χ0n) is 14.4. The lowest BCUT2D eigenvalue weighted by Crippen LogP contribution is -2.33. The Morgan fingerprint density at radius 3 is 2.84 bits per heavy atom. The first-order valence-electron chi connectivity index (χ1n) is 8.45. The third kappa shape index (κ3) is 4.56. The minimum atomic E-state index is -0.364. The molecule has 1 atom stereocenters. The Morgan fingerprint density at radius 2 is 2.16 bits per heavy atom. The summed E-state index contributed by atoms with van der Waals surface area (Å²) < 4.78 is 10.9. The van der Waals surface area contributed by atoms with E-state index in [-0.39, 0.29) is 12.2 Å². The Hall–Kier alpha value is -1.96. The van der Waals surface area contributed by atoms with Crippen molar-refractivity contribution in [2.24, 2.45) is 0 Å². The summed E-state index contributed by atoms with van der Waals surface area (Å²) in [6.45, 7) is 5.07. The van der Waals surface area contributed by atoms with Crippen molar-refractivity contribution in [3.8, 4) is 16.3 Å². The van der Waals surface area contributed by atoms with Crippen molar-refractivity contribution in [1.82, 2.24) is 10.5 Å². The van der Waals surface area contributed by atoms with Gasteiger partial charge in [0, 0.05) is 18.6 Å². The summed E-state index contributed by atoms with van der Waals surface area (Å²) in [6, 6.07) is 7.69. The summed E-state index contributed by atoms with van der Waals surface area (Å²) in [5.74, 6) is 0.528. The monoisotopic (exact) mass is 362 g/mol. The third-order valence-corrected chi connectivity index (χ3v) is 5.04. The number of ether oxygens (including phenoxy) is 2. The lowest BCUT2D eigenvalue weighted by Gasteiger charge is -2.21. The molecule has 7 heteroatoms. The number of hydrogen-bond acceptors (Lipinski definition) is 6. The van der Waals surface area contributed by atoms with E-state index in [1.165, 1.54) is 11.3 Å². The largest absolute Gasteiger partial charge is 0.494 e. The number of nitrogens with one attached hydrogen (secondary N) is 1. The minimum Gasteiger partial charge on any atom is -0.494 e. The molecule has 1 aromatic carbocycles. The zero-order valence-corrected chi connectivity index (χ0v) is 15.2. The lowest BCUT2D eigenvalue weighted by molar-refractivity contribution is -0.186. The zero-order chi connectivity index (χ0) is 17.6. The number of hydrogen-bond donors (Lipinski definition) is 1. The van der Waals surface area contributed by atoms with Crippen LogP contribution in [0.5, 0.6) is 5.75 Å². The van der Waals surface area contributed by atoms with Crippen molar-refractivity contribution in [3.63, 3.8) is 0 Å². The Bertz CT molecular complexity index is 708. The van der Waals surface area contributed by atoms with E-state index >= 15 is 0 Å². The summed E-state index contributed by atoms with van der Waals surface area (Å²) in [5, 5.41) is 0.791. The molecule has 1 fully saturated rings. The van der Waals surface area contributed by atoms with Crippen LogP contribution in [0.4, 0.5) is 0 Å². The van der Waals surface area contributed by atoms with Gasteiger partial charge in [0.15, 0.2) is 6.29 Å². The van der Waals surface area contributed by atoms with Gasteiger partial charge in [-0.15, -0.1) is 11.3 Å². The normalized spacial score (nSPS) is 17.3. The highest BCUT2D eigenvalue weighted by atomic mass is 32.1. The molecule has 1 saturated heterocycles. The number of nitrogens with zero attached hydrogens (tertiary/aromatic N) is 1. The first-order valence-corrected chi connectivity index (χ1v) is 9.27. The van der Waals surface area contributed by atoms with Gasteiger partial charge in [-0.25, -0.2) is 15.3 Å². The first-order chi connectivity index (χ1) is 12.2. The summed E-state index contributed by atoms with van der Waals surface area (Å²) in [6.07, 6.45) is 2.51. The first kappa shape index (κ1) is 17.8. The van der Waals surface area contributed by atoms with Crippen molar-refractivity contribution in [1.29, 1.82) is 0 Å². The molecule has 2 aromatic rings. The van der Waals surface area contributed by atoms with Crippen LogP contribution in [0.15, 0.2) is 24.3 Å². The molecule has 134 valence electrons. The molecule has 1 amide bonds. The second kappa shape index (κ2) is 8.42. The van der Waals surface area contributed by atoms with Gasteiger partial charge in [0.05, 0.1) is 12.3 Å². The molecule has 0 aliphatic carbocycles. The highest BCUT2D eigenvalue weighted by Crippen LogP contribution is 2.29. The van der Waals surface area contributed by atoms with Crippen LogP contribution in [-0.2, 0) is 9.57 Å². The van der Waals surface area contributed by atoms with Crippen LogP contribution in [-0.4, -0.2) is 30.4 Å². The van der Waals surface area contributed by atoms with Gasteiger partial charge in [-0.1, -0.05) is 0 Å². The van der Waals surface area contributed by atoms with Crippen LogP contribution < -0.4 is 10.2 Å². The van der Waals surface area contributed by atoms with Gasteiger partial charge in [0.25, 0.3) is 5.91 Å². The molecule has 0 spiro atoms. The molecule has 2 heterocycles. The fourth-order valence-electron chi connectivity index (χ4n) is 2.56. The van der Waals surface area contributed by atoms with E-state index in [9.17, 15) is 4.79 Å². The van der Waals surface area contributed by atoms with E-state index < -0.39 is 0 Å². The van der Waals surface area contributed by atoms with E-state index in [1.807, 2.05) is 38.1 Å². The number of carbonyl (C=O) groups excluding carboxylic acids is 1. The van der Waals surface area contributed by atoms with Crippen LogP contribution in [0.25, 0.3) is 10.6 Å². The summed E-state index contributed by atoms with van der Waals surface area (Å²) >= 11 is 1.34. The molecule has 6 nitrogen and oxygen atoms in total. The van der Waals surface area contributed by atoms with Gasteiger partial charge < -0.3 is 9.47 Å². The molecule has 1 aliphatic heterocycles. The maximum absolute atomic E-state index is 12.4. The molecule has 1 aromatic heterocycles. The summed E-state index contributed by atoms with van der Waals surface area (Å²) in [4.78, 5) is 22.7. The van der Waals surface area contributed by atoms with Gasteiger partial charge in [-0.05, 0) is 51.0 Å². The fourth-order valence-corrected chi connectivity index (χ4v) is 3.52. The van der Waals surface area contributed by atoms with Crippen molar-refractivity contribution < 1.29 is 19.1 Å². The highest BCUT2D eigenvalue weighted by Gasteiger charge is 2.20. The second-order valence-corrected chi connectivity index (χ2v) is 6.74. The van der Waals surface area contributed by atoms with Gasteiger partial charge >= 0.3 is 0 Å². The summed E-state index contributed by atoms with van der Waals surface area (Å²) in [5.41, 5.74) is 4.12. The topological polar surface area (TPSA) is 69.7 Å². The predicted octanol–water partition coefficient (Wildman–Crippen LogP) is 3.71. The molecular weight excluding hydrogens is 340 g/mol. The maximum Gasteiger partial charge on any atom is 0.286 e. The molecule has 0 saturated carbocycles. The minimum absolute atomic E-state index is 0.290. The quantitative estimate of drug-likeness (QED) is 0.794. The van der Waals surface area contributed by atoms with Crippen LogP contribution in [0.1, 0.15) is 41.6 Å². The molecule has 1 aliphatic rings. The fraction of sp³-hybridized carbons (Fsp3) is 0.444. The molecule has 0 radical (unpaired) electrons. The maximum atomic E-state index is 12.4.